The third kappa shape index (κ3) is 4.88. The fourth-order valence-electron chi connectivity index (χ4n) is 1.92. The van der Waals surface area contributed by atoms with Crippen LogP contribution in [0.3, 0.4) is 0 Å². The number of halogens is 2. The largest absolute Gasteiger partial charge is 0.456 e. The standard InChI is InChI=1S/C17H15F2NO3/c1-11(12-5-7-14(18)8-6-12)23-16(21)10-20-17(22)13-3-2-4-15(19)9-13/h2-9,11H,10H2,1H3,(H,20,22). The molecule has 6 heteroatoms. The molecule has 0 aromatic heterocycles. The number of amides is 1. The molecule has 0 radical (unpaired) electrons. The van der Waals surface area contributed by atoms with E-state index < -0.39 is 23.8 Å². The number of ether oxygens (including phenoxy) is 1. The Balaban J connectivity index is 1.85. The van der Waals surface area contributed by atoms with Gasteiger partial charge in [-0.05, 0) is 42.8 Å². The molecule has 0 spiro atoms. The summed E-state index contributed by atoms with van der Waals surface area (Å²) in [5, 5.41) is 2.35. The third-order valence-corrected chi connectivity index (χ3v) is 3.13. The summed E-state index contributed by atoms with van der Waals surface area (Å²) in [6.45, 7) is 1.29. The van der Waals surface area contributed by atoms with Gasteiger partial charge in [0, 0.05) is 5.56 Å². The fourth-order valence-corrected chi connectivity index (χ4v) is 1.92. The van der Waals surface area contributed by atoms with Gasteiger partial charge in [-0.2, -0.15) is 0 Å². The van der Waals surface area contributed by atoms with Gasteiger partial charge in [-0.15, -0.1) is 0 Å². The number of carbonyl (C=O) groups is 2. The van der Waals surface area contributed by atoms with Gasteiger partial charge in [-0.1, -0.05) is 18.2 Å². The molecule has 0 fully saturated rings. The van der Waals surface area contributed by atoms with E-state index in [1.54, 1.807) is 6.92 Å². The van der Waals surface area contributed by atoms with E-state index in [0.29, 0.717) is 5.56 Å². The lowest BCUT2D eigenvalue weighted by Crippen LogP contribution is -2.31. The highest BCUT2D eigenvalue weighted by Crippen LogP contribution is 2.16. The molecule has 1 N–H and O–H groups in total. The first-order valence-electron chi connectivity index (χ1n) is 6.94. The molecule has 1 atom stereocenters. The van der Waals surface area contributed by atoms with Gasteiger partial charge in [0.2, 0.25) is 0 Å². The SMILES string of the molecule is CC(OC(=O)CNC(=O)c1cccc(F)c1)c1ccc(F)cc1. The molecule has 1 unspecified atom stereocenters. The summed E-state index contributed by atoms with van der Waals surface area (Å²) in [4.78, 5) is 23.5. The molecule has 0 saturated heterocycles. The Morgan fingerprint density at radius 1 is 1.09 bits per heavy atom. The average Bonchev–Trinajstić information content (AvgIpc) is 2.53. The van der Waals surface area contributed by atoms with E-state index in [-0.39, 0.29) is 17.9 Å². The van der Waals surface area contributed by atoms with Gasteiger partial charge in [0.25, 0.3) is 5.91 Å². The average molecular weight is 319 g/mol. The van der Waals surface area contributed by atoms with E-state index in [9.17, 15) is 18.4 Å². The predicted molar refractivity (Wildman–Crippen MR) is 79.6 cm³/mol. The zero-order valence-electron chi connectivity index (χ0n) is 12.4. The Morgan fingerprint density at radius 3 is 2.43 bits per heavy atom. The number of carbonyl (C=O) groups excluding carboxylic acids is 2. The molecule has 2 rings (SSSR count). The first-order chi connectivity index (χ1) is 11.0. The molecule has 2 aromatic carbocycles. The monoisotopic (exact) mass is 319 g/mol. The second kappa shape index (κ2) is 7.49. The maximum atomic E-state index is 13.0. The van der Waals surface area contributed by atoms with Gasteiger partial charge in [-0.25, -0.2) is 8.78 Å². The van der Waals surface area contributed by atoms with Gasteiger partial charge in [0.15, 0.2) is 0 Å². The van der Waals surface area contributed by atoms with Gasteiger partial charge in [-0.3, -0.25) is 9.59 Å². The highest BCUT2D eigenvalue weighted by Gasteiger charge is 2.14. The first-order valence-corrected chi connectivity index (χ1v) is 6.94. The summed E-state index contributed by atoms with van der Waals surface area (Å²) >= 11 is 0. The molecule has 0 saturated carbocycles. The molecule has 120 valence electrons. The number of benzene rings is 2. The second-order valence-electron chi connectivity index (χ2n) is 4.88. The molecular weight excluding hydrogens is 304 g/mol. The third-order valence-electron chi connectivity index (χ3n) is 3.13. The smallest absolute Gasteiger partial charge is 0.326 e. The summed E-state index contributed by atoms with van der Waals surface area (Å²) in [5.41, 5.74) is 0.751. The van der Waals surface area contributed by atoms with E-state index in [1.165, 1.54) is 42.5 Å². The van der Waals surface area contributed by atoms with Crippen molar-refractivity contribution in [2.24, 2.45) is 0 Å². The molecule has 0 bridgehead atoms. The van der Waals surface area contributed by atoms with Crippen molar-refractivity contribution in [1.82, 2.24) is 5.32 Å². The molecular formula is C17H15F2NO3. The fraction of sp³-hybridized carbons (Fsp3) is 0.176. The van der Waals surface area contributed by atoms with Crippen molar-refractivity contribution in [3.8, 4) is 0 Å². The topological polar surface area (TPSA) is 55.4 Å². The van der Waals surface area contributed by atoms with E-state index in [4.69, 9.17) is 4.74 Å². The molecule has 0 aliphatic carbocycles. The maximum absolute atomic E-state index is 13.0. The van der Waals surface area contributed by atoms with Gasteiger partial charge < -0.3 is 10.1 Å². The van der Waals surface area contributed by atoms with Crippen molar-refractivity contribution in [3.63, 3.8) is 0 Å². The molecule has 0 heterocycles. The normalized spacial score (nSPS) is 11.6. The van der Waals surface area contributed by atoms with Crippen LogP contribution in [0.1, 0.15) is 28.9 Å². The van der Waals surface area contributed by atoms with E-state index in [2.05, 4.69) is 5.32 Å². The van der Waals surface area contributed by atoms with Gasteiger partial charge in [0.1, 0.15) is 24.3 Å². The number of rotatable bonds is 5. The zero-order valence-corrected chi connectivity index (χ0v) is 12.4. The summed E-state index contributed by atoms with van der Waals surface area (Å²) < 4.78 is 31.0. The van der Waals surface area contributed by atoms with Crippen LogP contribution in [0.4, 0.5) is 8.78 Å². The molecule has 0 aliphatic rings. The van der Waals surface area contributed by atoms with E-state index in [1.807, 2.05) is 0 Å². The zero-order chi connectivity index (χ0) is 16.8. The number of hydrogen-bond acceptors (Lipinski definition) is 3. The number of esters is 1. The minimum Gasteiger partial charge on any atom is -0.456 e. The minimum atomic E-state index is -0.647. The van der Waals surface area contributed by atoms with Crippen molar-refractivity contribution in [2.45, 2.75) is 13.0 Å². The maximum Gasteiger partial charge on any atom is 0.326 e. The molecule has 0 aliphatic heterocycles. The first kappa shape index (κ1) is 16.6. The summed E-state index contributed by atoms with van der Waals surface area (Å²) in [5.74, 6) is -2.14. The molecule has 1 amide bonds. The van der Waals surface area contributed by atoms with Gasteiger partial charge in [0.05, 0.1) is 0 Å². The lowest BCUT2D eigenvalue weighted by atomic mass is 10.1. The lowest BCUT2D eigenvalue weighted by molar-refractivity contribution is -0.147. The summed E-state index contributed by atoms with van der Waals surface area (Å²) in [7, 11) is 0. The van der Waals surface area contributed by atoms with Crippen LogP contribution in [0.25, 0.3) is 0 Å². The lowest BCUT2D eigenvalue weighted by Gasteiger charge is -2.14. The Bertz CT molecular complexity index is 701. The summed E-state index contributed by atoms with van der Waals surface area (Å²) in [6, 6.07) is 10.7. The quantitative estimate of drug-likeness (QED) is 0.862. The van der Waals surface area contributed by atoms with Crippen LogP contribution in [0.5, 0.6) is 0 Å². The van der Waals surface area contributed by atoms with Crippen LogP contribution >= 0.6 is 0 Å². The van der Waals surface area contributed by atoms with Crippen LogP contribution in [0.2, 0.25) is 0 Å². The van der Waals surface area contributed by atoms with Crippen LogP contribution in [0.15, 0.2) is 48.5 Å². The van der Waals surface area contributed by atoms with Crippen LogP contribution in [-0.4, -0.2) is 18.4 Å². The van der Waals surface area contributed by atoms with Crippen molar-refractivity contribution < 1.29 is 23.1 Å². The Morgan fingerprint density at radius 2 is 1.78 bits per heavy atom. The molecule has 2 aromatic rings. The molecule has 23 heavy (non-hydrogen) atoms. The number of nitrogens with one attached hydrogen (secondary N) is 1. The Labute approximate surface area is 132 Å². The van der Waals surface area contributed by atoms with Crippen LogP contribution < -0.4 is 5.32 Å². The van der Waals surface area contributed by atoms with E-state index >= 15 is 0 Å². The molecule has 4 nitrogen and oxygen atoms in total. The summed E-state index contributed by atoms with van der Waals surface area (Å²) in [6.07, 6.45) is -0.575. The Hall–Kier alpha value is -2.76. The highest BCUT2D eigenvalue weighted by molar-refractivity contribution is 5.95. The van der Waals surface area contributed by atoms with Crippen molar-refractivity contribution in [2.75, 3.05) is 6.54 Å². The minimum absolute atomic E-state index is 0.115. The highest BCUT2D eigenvalue weighted by atomic mass is 19.1. The number of hydrogen-bond donors (Lipinski definition) is 1. The van der Waals surface area contributed by atoms with Crippen molar-refractivity contribution in [3.05, 3.63) is 71.3 Å². The van der Waals surface area contributed by atoms with Crippen LogP contribution in [-0.2, 0) is 9.53 Å². The van der Waals surface area contributed by atoms with Gasteiger partial charge >= 0.3 is 5.97 Å². The van der Waals surface area contributed by atoms with Crippen LogP contribution in [0, 0.1) is 11.6 Å². The van der Waals surface area contributed by atoms with E-state index in [0.717, 1.165) is 6.07 Å². The second-order valence-corrected chi connectivity index (χ2v) is 4.88. The van der Waals surface area contributed by atoms with Crippen molar-refractivity contribution in [1.29, 1.82) is 0 Å². The Kier molecular flexibility index (Phi) is 5.41. The predicted octanol–water partition coefficient (Wildman–Crippen LogP) is 3.00. The van der Waals surface area contributed by atoms with Crippen molar-refractivity contribution >= 4 is 11.9 Å².